The minimum atomic E-state index is -4.73. The maximum Gasteiger partial charge on any atom is 0.573 e. The van der Waals surface area contributed by atoms with Crippen molar-refractivity contribution in [2.75, 3.05) is 0 Å². The fourth-order valence-corrected chi connectivity index (χ4v) is 5.85. The number of aromatic nitrogens is 2. The minimum absolute atomic E-state index is 0.298. The van der Waals surface area contributed by atoms with Gasteiger partial charge in [0.2, 0.25) is 0 Å². The summed E-state index contributed by atoms with van der Waals surface area (Å²) < 4.78 is 93.7. The van der Waals surface area contributed by atoms with Gasteiger partial charge in [-0.15, -0.1) is 26.3 Å². The highest BCUT2D eigenvalue weighted by Crippen LogP contribution is 2.35. The van der Waals surface area contributed by atoms with Crippen LogP contribution in [-0.2, 0) is 0 Å². The van der Waals surface area contributed by atoms with Crippen LogP contribution < -0.4 is 18.9 Å². The normalized spacial score (nSPS) is 11.5. The second-order valence-corrected chi connectivity index (χ2v) is 11.6. The molecule has 0 aliphatic carbocycles. The van der Waals surface area contributed by atoms with E-state index >= 15 is 0 Å². The van der Waals surface area contributed by atoms with Gasteiger partial charge in [-0.05, 0) is 84.9 Å². The van der Waals surface area contributed by atoms with E-state index in [0.717, 1.165) is 37.8 Å². The van der Waals surface area contributed by atoms with Crippen molar-refractivity contribution in [3.8, 4) is 33.4 Å². The Kier molecular flexibility index (Phi) is 9.45. The average molecular weight is 729 g/mol. The van der Waals surface area contributed by atoms with E-state index < -0.39 is 12.7 Å². The molecule has 4 aromatic carbocycles. The Bertz CT molecular complexity index is 1930. The molecule has 0 bridgehead atoms. The lowest BCUT2D eigenvalue weighted by atomic mass is 10.2. The maximum absolute atomic E-state index is 12.1. The Morgan fingerprint density at radius 2 is 1.02 bits per heavy atom. The summed E-state index contributed by atoms with van der Waals surface area (Å²) in [6.07, 6.45) is -8.70. The molecule has 0 atom stereocenters. The first-order valence-corrected chi connectivity index (χ1v) is 14.7. The van der Waals surface area contributed by atoms with Crippen LogP contribution in [0.15, 0.2) is 89.4 Å². The molecule has 0 amide bonds. The molecule has 232 valence electrons. The second kappa shape index (κ2) is 13.3. The topological polar surface area (TPSA) is 79.8 Å². The molecule has 45 heavy (non-hydrogen) atoms. The van der Waals surface area contributed by atoms with Crippen molar-refractivity contribution in [1.82, 2.24) is 9.97 Å². The van der Waals surface area contributed by atoms with E-state index in [2.05, 4.69) is 35.4 Å². The number of rotatable bonds is 7. The van der Waals surface area contributed by atoms with Crippen LogP contribution in [0.25, 0.3) is 20.4 Å². The molecule has 0 spiro atoms. The molecule has 7 nitrogen and oxygen atoms in total. The van der Waals surface area contributed by atoms with Crippen LogP contribution in [-0.4, -0.2) is 29.0 Å². The smallest absolute Gasteiger partial charge is 0.431 e. The molecule has 0 saturated carbocycles. The molecule has 0 fully saturated rings. The van der Waals surface area contributed by atoms with Gasteiger partial charge in [-0.1, -0.05) is 38.6 Å². The summed E-state index contributed by atoms with van der Waals surface area (Å²) >= 11 is 5.95. The fourth-order valence-electron chi connectivity index (χ4n) is 3.58. The standard InChI is InChI=1S/C15H8F3NO3S.C14H7BrF3NO2S/c16-15(17,18)22-11-4-2-10(3-5-11)21-14-19-12-6-1-9(8-20)7-13(12)23-14;15-8-1-6-11-12(7-8)22-13(19-11)20-9-2-4-10(5-3-9)21-14(16,17)18/h1-8H;1-7H. The molecule has 6 rings (SSSR count). The molecule has 6 aromatic rings. The third-order valence-electron chi connectivity index (χ3n) is 5.38. The fraction of sp³-hybridized carbons (Fsp3) is 0.0690. The zero-order chi connectivity index (χ0) is 32.2. The molecule has 0 saturated heterocycles. The van der Waals surface area contributed by atoms with Crippen molar-refractivity contribution in [2.24, 2.45) is 0 Å². The maximum atomic E-state index is 12.1. The minimum Gasteiger partial charge on any atom is -0.431 e. The van der Waals surface area contributed by atoms with E-state index in [4.69, 9.17) is 9.47 Å². The highest BCUT2D eigenvalue weighted by Gasteiger charge is 2.31. The molecular weight excluding hydrogens is 714 g/mol. The number of benzene rings is 4. The first-order valence-electron chi connectivity index (χ1n) is 12.3. The lowest BCUT2D eigenvalue weighted by Crippen LogP contribution is -2.16. The number of carbonyl (C=O) groups is 1. The zero-order valence-corrected chi connectivity index (χ0v) is 25.3. The number of nitrogens with zero attached hydrogens (tertiary/aromatic N) is 2. The van der Waals surface area contributed by atoms with Gasteiger partial charge in [0.05, 0.1) is 20.4 Å². The van der Waals surface area contributed by atoms with E-state index in [1.165, 1.54) is 59.1 Å². The molecule has 16 heteroatoms. The van der Waals surface area contributed by atoms with Crippen LogP contribution >= 0.6 is 38.6 Å². The lowest BCUT2D eigenvalue weighted by Gasteiger charge is -2.09. The van der Waals surface area contributed by atoms with Crippen LogP contribution in [0.2, 0.25) is 0 Å². The summed E-state index contributed by atoms with van der Waals surface area (Å²) in [6.45, 7) is 0. The van der Waals surface area contributed by atoms with E-state index in [0.29, 0.717) is 33.0 Å². The molecule has 0 radical (unpaired) electrons. The van der Waals surface area contributed by atoms with Crippen molar-refractivity contribution < 1.29 is 50.1 Å². The second-order valence-electron chi connectivity index (χ2n) is 8.66. The summed E-state index contributed by atoms with van der Waals surface area (Å²) in [5, 5.41) is 0.741. The van der Waals surface area contributed by atoms with Gasteiger partial charge >= 0.3 is 12.7 Å². The summed E-state index contributed by atoms with van der Waals surface area (Å²) in [7, 11) is 0. The van der Waals surface area contributed by atoms with Crippen molar-refractivity contribution in [1.29, 1.82) is 0 Å². The van der Waals surface area contributed by atoms with Gasteiger partial charge in [-0.2, -0.15) is 0 Å². The van der Waals surface area contributed by atoms with Crippen LogP contribution in [0.1, 0.15) is 10.4 Å². The monoisotopic (exact) mass is 728 g/mol. The molecule has 0 aliphatic heterocycles. The van der Waals surface area contributed by atoms with E-state index in [1.54, 1.807) is 18.2 Å². The SMILES string of the molecule is FC(F)(F)Oc1ccc(Oc2nc3ccc(Br)cc3s2)cc1.O=Cc1ccc2nc(Oc3ccc(OC(F)(F)F)cc3)sc2c1. The van der Waals surface area contributed by atoms with Crippen molar-refractivity contribution in [3.63, 3.8) is 0 Å². The summed E-state index contributed by atoms with van der Waals surface area (Å²) in [6, 6.07) is 20.8. The predicted molar refractivity (Wildman–Crippen MR) is 159 cm³/mol. The van der Waals surface area contributed by atoms with Gasteiger partial charge < -0.3 is 18.9 Å². The van der Waals surface area contributed by atoms with Crippen LogP contribution in [0.4, 0.5) is 26.3 Å². The van der Waals surface area contributed by atoms with E-state index in [9.17, 15) is 31.1 Å². The first kappa shape index (κ1) is 32.0. The van der Waals surface area contributed by atoms with Gasteiger partial charge in [-0.3, -0.25) is 4.79 Å². The van der Waals surface area contributed by atoms with Crippen LogP contribution in [0, 0.1) is 0 Å². The van der Waals surface area contributed by atoms with Crippen molar-refractivity contribution in [2.45, 2.75) is 12.7 Å². The number of hydrogen-bond acceptors (Lipinski definition) is 9. The van der Waals surface area contributed by atoms with Crippen molar-refractivity contribution >= 4 is 65.3 Å². The third-order valence-corrected chi connectivity index (χ3v) is 7.67. The highest BCUT2D eigenvalue weighted by molar-refractivity contribution is 9.10. The summed E-state index contributed by atoms with van der Waals surface area (Å²) in [5.74, 6) is 0.0830. The highest BCUT2D eigenvalue weighted by atomic mass is 79.9. The molecule has 2 heterocycles. The number of carbonyl (C=O) groups excluding carboxylic acids is 1. The Labute approximate surface area is 265 Å². The number of ether oxygens (including phenoxy) is 4. The van der Waals surface area contributed by atoms with Crippen LogP contribution in [0.5, 0.6) is 33.4 Å². The summed E-state index contributed by atoms with van der Waals surface area (Å²) in [4.78, 5) is 19.3. The van der Waals surface area contributed by atoms with Crippen LogP contribution in [0.3, 0.4) is 0 Å². The quantitative estimate of drug-likeness (QED) is 0.120. The number of halogens is 7. The predicted octanol–water partition coefficient (Wildman–Crippen LogP) is 10.5. The largest absolute Gasteiger partial charge is 0.573 e. The number of aldehydes is 1. The lowest BCUT2D eigenvalue weighted by molar-refractivity contribution is -0.275. The van der Waals surface area contributed by atoms with Gasteiger partial charge in [0.1, 0.15) is 29.3 Å². The van der Waals surface area contributed by atoms with E-state index in [1.807, 2.05) is 18.2 Å². The molecule has 0 unspecified atom stereocenters. The average Bonchev–Trinajstić information content (AvgIpc) is 3.56. The molecule has 0 N–H and O–H groups in total. The van der Waals surface area contributed by atoms with Gasteiger partial charge in [-0.25, -0.2) is 9.97 Å². The molecule has 2 aromatic heterocycles. The number of hydrogen-bond donors (Lipinski definition) is 0. The van der Waals surface area contributed by atoms with Gasteiger partial charge in [0, 0.05) is 10.0 Å². The Morgan fingerprint density at radius 1 is 0.600 bits per heavy atom. The molecular formula is C29H15BrF6N2O5S2. The van der Waals surface area contributed by atoms with E-state index in [-0.39, 0.29) is 11.5 Å². The number of thiazole rings is 2. The molecule has 0 aliphatic rings. The summed E-state index contributed by atoms with van der Waals surface area (Å²) in [5.41, 5.74) is 1.99. The van der Waals surface area contributed by atoms with Crippen molar-refractivity contribution in [3.05, 3.63) is 95.0 Å². The number of fused-ring (bicyclic) bond motifs is 2. The number of alkyl halides is 6. The first-order chi connectivity index (χ1) is 21.3. The van der Waals surface area contributed by atoms with Gasteiger partial charge in [0.15, 0.2) is 0 Å². The Balaban J connectivity index is 0.000000178. The van der Waals surface area contributed by atoms with Gasteiger partial charge in [0.25, 0.3) is 10.4 Å². The third kappa shape index (κ3) is 9.29. The zero-order valence-electron chi connectivity index (χ0n) is 22.1. The Morgan fingerprint density at radius 3 is 1.47 bits per heavy atom. The Hall–Kier alpha value is -4.41.